The van der Waals surface area contributed by atoms with E-state index in [9.17, 15) is 0 Å². The smallest absolute Gasteiger partial charge is 0.129 e. The van der Waals surface area contributed by atoms with Crippen molar-refractivity contribution in [2.24, 2.45) is 5.41 Å². The second kappa shape index (κ2) is 5.68. The Kier molecular flexibility index (Phi) is 4.20. The van der Waals surface area contributed by atoms with E-state index in [2.05, 4.69) is 42.1 Å². The Bertz CT molecular complexity index is 381. The summed E-state index contributed by atoms with van der Waals surface area (Å²) in [5.74, 6) is 1.43. The fraction of sp³-hybridized carbons (Fsp3) is 0.733. The Morgan fingerprint density at radius 2 is 1.94 bits per heavy atom. The molecule has 3 heteroatoms. The number of nitrogens with one attached hydrogen (secondary N) is 1. The van der Waals surface area contributed by atoms with Crippen LogP contribution >= 0.6 is 0 Å². The summed E-state index contributed by atoms with van der Waals surface area (Å²) in [6, 6.07) is 2.08. The summed E-state index contributed by atoms with van der Waals surface area (Å²) in [7, 11) is 0. The van der Waals surface area contributed by atoms with E-state index in [1.807, 2.05) is 0 Å². The van der Waals surface area contributed by atoms with E-state index in [0.29, 0.717) is 11.3 Å². The molecule has 0 spiro atoms. The zero-order valence-electron chi connectivity index (χ0n) is 11.9. The molecule has 0 saturated heterocycles. The van der Waals surface area contributed by atoms with Crippen LogP contribution in [-0.2, 0) is 0 Å². The Morgan fingerprint density at radius 1 is 1.22 bits per heavy atom. The maximum absolute atomic E-state index is 4.32. The van der Waals surface area contributed by atoms with E-state index in [-0.39, 0.29) is 0 Å². The highest BCUT2D eigenvalue weighted by Gasteiger charge is 2.26. The molecule has 3 nitrogen and oxygen atoms in total. The van der Waals surface area contributed by atoms with Crippen molar-refractivity contribution in [2.45, 2.75) is 58.8 Å². The summed E-state index contributed by atoms with van der Waals surface area (Å²) >= 11 is 0. The average Bonchev–Trinajstić information content (AvgIpc) is 2.38. The van der Waals surface area contributed by atoms with Crippen LogP contribution in [0.15, 0.2) is 12.4 Å². The van der Waals surface area contributed by atoms with E-state index < -0.39 is 0 Å². The Labute approximate surface area is 110 Å². The molecule has 1 aliphatic rings. The summed E-state index contributed by atoms with van der Waals surface area (Å²) in [6.07, 6.45) is 8.49. The maximum atomic E-state index is 4.32. The number of hydrogen-bond donors (Lipinski definition) is 1. The van der Waals surface area contributed by atoms with Gasteiger partial charge >= 0.3 is 0 Å². The van der Waals surface area contributed by atoms with Crippen molar-refractivity contribution in [3.05, 3.63) is 18.1 Å². The van der Waals surface area contributed by atoms with Gasteiger partial charge < -0.3 is 5.32 Å². The monoisotopic (exact) mass is 247 g/mol. The number of rotatable bonds is 4. The quantitative estimate of drug-likeness (QED) is 0.874. The van der Waals surface area contributed by atoms with Gasteiger partial charge in [-0.05, 0) is 24.2 Å². The zero-order chi connectivity index (χ0) is 13.0. The highest BCUT2D eigenvalue weighted by Crippen LogP contribution is 2.35. The van der Waals surface area contributed by atoms with Crippen LogP contribution in [0.1, 0.15) is 64.5 Å². The topological polar surface area (TPSA) is 37.8 Å². The molecule has 0 radical (unpaired) electrons. The van der Waals surface area contributed by atoms with Gasteiger partial charge in [0.15, 0.2) is 0 Å². The van der Waals surface area contributed by atoms with E-state index in [0.717, 1.165) is 18.1 Å². The molecule has 1 saturated carbocycles. The highest BCUT2D eigenvalue weighted by atomic mass is 15.0. The van der Waals surface area contributed by atoms with Crippen molar-refractivity contribution in [2.75, 3.05) is 11.9 Å². The van der Waals surface area contributed by atoms with Crippen LogP contribution in [0, 0.1) is 5.41 Å². The predicted octanol–water partition coefficient (Wildman–Crippen LogP) is 3.98. The van der Waals surface area contributed by atoms with Crippen LogP contribution in [0.3, 0.4) is 0 Å². The molecule has 0 aliphatic heterocycles. The number of aromatic nitrogens is 2. The number of hydrogen-bond acceptors (Lipinski definition) is 3. The minimum Gasteiger partial charge on any atom is -0.369 e. The maximum Gasteiger partial charge on any atom is 0.129 e. The first-order chi connectivity index (χ1) is 8.59. The lowest BCUT2D eigenvalue weighted by atomic mass is 9.76. The fourth-order valence-corrected chi connectivity index (χ4v) is 2.67. The van der Waals surface area contributed by atoms with Crippen molar-refractivity contribution < 1.29 is 0 Å². The van der Waals surface area contributed by atoms with Gasteiger partial charge in [-0.25, -0.2) is 9.97 Å². The van der Waals surface area contributed by atoms with Crippen LogP contribution in [0.5, 0.6) is 0 Å². The summed E-state index contributed by atoms with van der Waals surface area (Å²) in [5, 5.41) is 3.50. The zero-order valence-corrected chi connectivity index (χ0v) is 11.9. The van der Waals surface area contributed by atoms with Crippen molar-refractivity contribution in [3.8, 4) is 0 Å². The highest BCUT2D eigenvalue weighted by molar-refractivity contribution is 5.35. The third kappa shape index (κ3) is 3.44. The van der Waals surface area contributed by atoms with Gasteiger partial charge in [-0.15, -0.1) is 0 Å². The molecule has 1 aromatic heterocycles. The Morgan fingerprint density at radius 3 is 2.61 bits per heavy atom. The van der Waals surface area contributed by atoms with Gasteiger partial charge in [0.25, 0.3) is 0 Å². The summed E-state index contributed by atoms with van der Waals surface area (Å²) in [4.78, 5) is 8.61. The minimum atomic E-state index is 0.446. The standard InChI is InChI=1S/C15H25N3/c1-12(2)13-9-14(18-11-17-13)16-10-15(3)7-5-4-6-8-15/h9,11-12H,4-8,10H2,1-3H3,(H,16,17,18). The van der Waals surface area contributed by atoms with E-state index in [4.69, 9.17) is 0 Å². The number of nitrogens with zero attached hydrogens (tertiary/aromatic N) is 2. The Balaban J connectivity index is 1.95. The molecule has 0 aromatic carbocycles. The molecular weight excluding hydrogens is 222 g/mol. The second-order valence-electron chi connectivity index (χ2n) is 6.21. The second-order valence-corrected chi connectivity index (χ2v) is 6.21. The fourth-order valence-electron chi connectivity index (χ4n) is 2.67. The average molecular weight is 247 g/mol. The summed E-state index contributed by atoms with van der Waals surface area (Å²) < 4.78 is 0. The van der Waals surface area contributed by atoms with Crippen molar-refractivity contribution in [1.29, 1.82) is 0 Å². The van der Waals surface area contributed by atoms with Crippen molar-refractivity contribution in [1.82, 2.24) is 9.97 Å². The van der Waals surface area contributed by atoms with Gasteiger partial charge in [-0.3, -0.25) is 0 Å². The first-order valence-corrected chi connectivity index (χ1v) is 7.15. The first kappa shape index (κ1) is 13.3. The van der Waals surface area contributed by atoms with E-state index >= 15 is 0 Å². The van der Waals surface area contributed by atoms with Gasteiger partial charge in [0.05, 0.1) is 0 Å². The molecule has 0 amide bonds. The lowest BCUT2D eigenvalue weighted by Gasteiger charge is -2.33. The minimum absolute atomic E-state index is 0.446. The van der Waals surface area contributed by atoms with Gasteiger partial charge in [0, 0.05) is 18.3 Å². The Hall–Kier alpha value is -1.12. The molecule has 0 bridgehead atoms. The van der Waals surface area contributed by atoms with Crippen LogP contribution in [0.25, 0.3) is 0 Å². The first-order valence-electron chi connectivity index (χ1n) is 7.15. The molecule has 18 heavy (non-hydrogen) atoms. The molecule has 0 atom stereocenters. The molecule has 1 fully saturated rings. The van der Waals surface area contributed by atoms with Crippen LogP contribution in [0.4, 0.5) is 5.82 Å². The van der Waals surface area contributed by atoms with Crippen LogP contribution in [0.2, 0.25) is 0 Å². The largest absolute Gasteiger partial charge is 0.369 e. The number of anilines is 1. The van der Waals surface area contributed by atoms with Crippen molar-refractivity contribution >= 4 is 5.82 Å². The van der Waals surface area contributed by atoms with Crippen LogP contribution in [-0.4, -0.2) is 16.5 Å². The van der Waals surface area contributed by atoms with Gasteiger partial charge in [0.2, 0.25) is 0 Å². The SMILES string of the molecule is CC(C)c1cc(NCC2(C)CCCCC2)ncn1. The molecule has 1 aromatic rings. The molecule has 0 unspecified atom stereocenters. The molecule has 1 heterocycles. The molecule has 1 aliphatic carbocycles. The summed E-state index contributed by atoms with van der Waals surface area (Å²) in [6.45, 7) is 7.74. The lowest BCUT2D eigenvalue weighted by Crippen LogP contribution is -2.29. The molecule has 1 N–H and O–H groups in total. The van der Waals surface area contributed by atoms with E-state index in [1.165, 1.54) is 32.1 Å². The van der Waals surface area contributed by atoms with Crippen LogP contribution < -0.4 is 5.32 Å². The summed E-state index contributed by atoms with van der Waals surface area (Å²) in [5.41, 5.74) is 1.56. The lowest BCUT2D eigenvalue weighted by molar-refractivity contribution is 0.233. The third-order valence-electron chi connectivity index (χ3n) is 4.04. The van der Waals surface area contributed by atoms with Gasteiger partial charge in [-0.2, -0.15) is 0 Å². The van der Waals surface area contributed by atoms with Gasteiger partial charge in [0.1, 0.15) is 12.1 Å². The molecular formula is C15H25N3. The normalized spacial score (nSPS) is 18.9. The molecule has 100 valence electrons. The third-order valence-corrected chi connectivity index (χ3v) is 4.04. The predicted molar refractivity (Wildman–Crippen MR) is 75.8 cm³/mol. The molecule has 2 rings (SSSR count). The van der Waals surface area contributed by atoms with Crippen molar-refractivity contribution in [3.63, 3.8) is 0 Å². The van der Waals surface area contributed by atoms with E-state index in [1.54, 1.807) is 6.33 Å². The van der Waals surface area contributed by atoms with Gasteiger partial charge in [-0.1, -0.05) is 40.0 Å².